The minimum Gasteiger partial charge on any atom is -0.473 e. The zero-order valence-electron chi connectivity index (χ0n) is 10.4. The van der Waals surface area contributed by atoms with E-state index in [0.29, 0.717) is 6.20 Å². The van der Waals surface area contributed by atoms with Gasteiger partial charge in [0.25, 0.3) is 0 Å². The number of rotatable bonds is 2. The molecule has 1 aromatic heterocycles. The Bertz CT molecular complexity index is 496. The molecule has 8 heteroatoms. The first-order chi connectivity index (χ1) is 9.00. The molecule has 2 rings (SSSR count). The fourth-order valence-corrected chi connectivity index (χ4v) is 1.85. The van der Waals surface area contributed by atoms with Crippen LogP contribution in [-0.4, -0.2) is 24.2 Å². The Morgan fingerprint density at radius 2 is 2.00 bits per heavy atom. The quantitative estimate of drug-likeness (QED) is 0.912. The van der Waals surface area contributed by atoms with E-state index in [1.165, 1.54) is 0 Å². The van der Waals surface area contributed by atoms with Gasteiger partial charge in [-0.15, -0.1) is 12.4 Å². The highest BCUT2D eigenvalue weighted by Crippen LogP contribution is 2.31. The molecule has 110 valence electrons. The number of hydrogen-bond acceptors (Lipinski definition) is 4. The third-order valence-electron chi connectivity index (χ3n) is 2.86. The van der Waals surface area contributed by atoms with Gasteiger partial charge in [0.1, 0.15) is 17.7 Å². The van der Waals surface area contributed by atoms with Gasteiger partial charge in [0, 0.05) is 6.20 Å². The molecule has 0 aliphatic carbocycles. The van der Waals surface area contributed by atoms with Crippen molar-refractivity contribution in [3.63, 3.8) is 0 Å². The van der Waals surface area contributed by atoms with Crippen molar-refractivity contribution in [1.82, 2.24) is 10.3 Å². The van der Waals surface area contributed by atoms with Gasteiger partial charge >= 0.3 is 6.18 Å². The molecule has 0 saturated carbocycles. The van der Waals surface area contributed by atoms with E-state index in [1.807, 2.05) is 0 Å². The smallest absolute Gasteiger partial charge is 0.417 e. The molecule has 20 heavy (non-hydrogen) atoms. The van der Waals surface area contributed by atoms with Crippen LogP contribution in [0.25, 0.3) is 0 Å². The van der Waals surface area contributed by atoms with Crippen LogP contribution in [0.2, 0.25) is 0 Å². The second kappa shape index (κ2) is 6.77. The maximum absolute atomic E-state index is 12.5. The van der Waals surface area contributed by atoms with E-state index in [1.54, 1.807) is 6.07 Å². The van der Waals surface area contributed by atoms with Crippen molar-refractivity contribution in [3.05, 3.63) is 23.4 Å². The van der Waals surface area contributed by atoms with Gasteiger partial charge in [-0.2, -0.15) is 18.4 Å². The zero-order chi connectivity index (χ0) is 13.9. The molecule has 0 spiro atoms. The molecule has 1 aliphatic heterocycles. The highest BCUT2D eigenvalue weighted by molar-refractivity contribution is 5.85. The number of ether oxygens (including phenoxy) is 1. The maximum Gasteiger partial charge on any atom is 0.417 e. The van der Waals surface area contributed by atoms with E-state index >= 15 is 0 Å². The van der Waals surface area contributed by atoms with Gasteiger partial charge in [-0.3, -0.25) is 0 Å². The Balaban J connectivity index is 0.00000200. The van der Waals surface area contributed by atoms with E-state index in [2.05, 4.69) is 10.3 Å². The summed E-state index contributed by atoms with van der Waals surface area (Å²) in [5, 5.41) is 12.0. The number of hydrogen-bond donors (Lipinski definition) is 1. The lowest BCUT2D eigenvalue weighted by atomic mass is 10.1. The van der Waals surface area contributed by atoms with E-state index in [-0.39, 0.29) is 30.0 Å². The second-order valence-corrected chi connectivity index (χ2v) is 4.25. The first-order valence-corrected chi connectivity index (χ1v) is 5.85. The predicted molar refractivity (Wildman–Crippen MR) is 67.7 cm³/mol. The second-order valence-electron chi connectivity index (χ2n) is 4.25. The molecule has 2 heterocycles. The number of nitriles is 1. The highest BCUT2D eigenvalue weighted by Gasteiger charge is 2.32. The minimum atomic E-state index is -4.51. The van der Waals surface area contributed by atoms with Crippen molar-refractivity contribution in [2.24, 2.45) is 0 Å². The van der Waals surface area contributed by atoms with Gasteiger partial charge in [-0.05, 0) is 32.0 Å². The van der Waals surface area contributed by atoms with Crippen LogP contribution in [0.5, 0.6) is 5.88 Å². The van der Waals surface area contributed by atoms with Crippen LogP contribution in [0.1, 0.15) is 24.0 Å². The SMILES string of the molecule is Cl.N#Cc1cc(C(F)(F)F)cnc1OC1CCNCC1. The first-order valence-electron chi connectivity index (χ1n) is 5.85. The summed E-state index contributed by atoms with van der Waals surface area (Å²) < 4.78 is 43.0. The summed E-state index contributed by atoms with van der Waals surface area (Å²) in [5.74, 6) is -0.0256. The molecule has 1 aromatic rings. The fourth-order valence-electron chi connectivity index (χ4n) is 1.85. The van der Waals surface area contributed by atoms with Gasteiger partial charge in [0.05, 0.1) is 5.56 Å². The average Bonchev–Trinajstić information content (AvgIpc) is 2.39. The summed E-state index contributed by atoms with van der Waals surface area (Å²) in [5.41, 5.74) is -1.13. The lowest BCUT2D eigenvalue weighted by Crippen LogP contribution is -2.34. The predicted octanol–water partition coefficient (Wildman–Crippen LogP) is 2.52. The molecule has 0 amide bonds. The Morgan fingerprint density at radius 3 is 2.55 bits per heavy atom. The number of piperidine rings is 1. The number of halogens is 4. The van der Waals surface area contributed by atoms with Crippen LogP contribution in [0, 0.1) is 11.3 Å². The van der Waals surface area contributed by atoms with Gasteiger partial charge in [0.2, 0.25) is 5.88 Å². The lowest BCUT2D eigenvalue weighted by molar-refractivity contribution is -0.137. The fraction of sp³-hybridized carbons (Fsp3) is 0.500. The average molecular weight is 308 g/mol. The Kier molecular flexibility index (Phi) is 5.60. The van der Waals surface area contributed by atoms with Crippen molar-refractivity contribution in [1.29, 1.82) is 5.26 Å². The van der Waals surface area contributed by atoms with Gasteiger partial charge in [0.15, 0.2) is 0 Å². The lowest BCUT2D eigenvalue weighted by Gasteiger charge is -2.23. The van der Waals surface area contributed by atoms with Crippen LogP contribution in [0.3, 0.4) is 0 Å². The summed E-state index contributed by atoms with van der Waals surface area (Å²) in [7, 11) is 0. The molecule has 0 atom stereocenters. The molecule has 0 unspecified atom stereocenters. The molecule has 0 aromatic carbocycles. The minimum absolute atomic E-state index is 0. The zero-order valence-corrected chi connectivity index (χ0v) is 11.2. The normalized spacial score (nSPS) is 16.1. The van der Waals surface area contributed by atoms with Crippen LogP contribution in [-0.2, 0) is 6.18 Å². The molecule has 1 saturated heterocycles. The molecule has 0 radical (unpaired) electrons. The molecule has 1 aliphatic rings. The summed E-state index contributed by atoms with van der Waals surface area (Å²) >= 11 is 0. The Morgan fingerprint density at radius 1 is 1.35 bits per heavy atom. The van der Waals surface area contributed by atoms with Crippen molar-refractivity contribution in [2.75, 3.05) is 13.1 Å². The van der Waals surface area contributed by atoms with Gasteiger partial charge < -0.3 is 10.1 Å². The first kappa shape index (κ1) is 16.5. The van der Waals surface area contributed by atoms with E-state index in [9.17, 15) is 13.2 Å². The number of nitrogens with one attached hydrogen (secondary N) is 1. The van der Waals surface area contributed by atoms with Crippen LogP contribution in [0.15, 0.2) is 12.3 Å². The molecule has 1 N–H and O–H groups in total. The summed E-state index contributed by atoms with van der Waals surface area (Å²) in [4.78, 5) is 3.62. The van der Waals surface area contributed by atoms with Crippen LogP contribution >= 0.6 is 12.4 Å². The number of aromatic nitrogens is 1. The van der Waals surface area contributed by atoms with Crippen molar-refractivity contribution in [3.8, 4) is 11.9 Å². The third-order valence-corrected chi connectivity index (χ3v) is 2.86. The van der Waals surface area contributed by atoms with E-state index in [0.717, 1.165) is 32.0 Å². The Labute approximate surface area is 120 Å². The Hall–Kier alpha value is -1.52. The van der Waals surface area contributed by atoms with Gasteiger partial charge in [-0.25, -0.2) is 4.98 Å². The maximum atomic E-state index is 12.5. The standard InChI is InChI=1S/C12H12F3N3O.ClH/c13-12(14,15)9-5-8(6-16)11(18-7-9)19-10-1-3-17-4-2-10;/h5,7,10,17H,1-4H2;1H. The van der Waals surface area contributed by atoms with Crippen molar-refractivity contribution in [2.45, 2.75) is 25.1 Å². The number of nitrogens with zero attached hydrogens (tertiary/aromatic N) is 2. The molecule has 4 nitrogen and oxygen atoms in total. The third kappa shape index (κ3) is 3.99. The molecular weight excluding hydrogens is 295 g/mol. The highest BCUT2D eigenvalue weighted by atomic mass is 35.5. The summed E-state index contributed by atoms with van der Waals surface area (Å²) in [6, 6.07) is 2.46. The molecule has 1 fully saturated rings. The van der Waals surface area contributed by atoms with E-state index < -0.39 is 11.7 Å². The van der Waals surface area contributed by atoms with Crippen LogP contribution < -0.4 is 10.1 Å². The number of alkyl halides is 3. The molecule has 0 bridgehead atoms. The number of pyridine rings is 1. The van der Waals surface area contributed by atoms with E-state index in [4.69, 9.17) is 10.00 Å². The monoisotopic (exact) mass is 307 g/mol. The topological polar surface area (TPSA) is 57.9 Å². The summed E-state index contributed by atoms with van der Waals surface area (Å²) in [6.45, 7) is 1.57. The van der Waals surface area contributed by atoms with Crippen molar-refractivity contribution >= 4 is 12.4 Å². The molecular formula is C12H13ClF3N3O. The largest absolute Gasteiger partial charge is 0.473 e. The van der Waals surface area contributed by atoms with Crippen LogP contribution in [0.4, 0.5) is 13.2 Å². The van der Waals surface area contributed by atoms with Gasteiger partial charge in [-0.1, -0.05) is 0 Å². The summed E-state index contributed by atoms with van der Waals surface area (Å²) in [6.07, 6.45) is -2.44. The van der Waals surface area contributed by atoms with Crippen molar-refractivity contribution < 1.29 is 17.9 Å².